The van der Waals surface area contributed by atoms with Crippen molar-refractivity contribution in [2.24, 2.45) is 5.92 Å². The highest BCUT2D eigenvalue weighted by Crippen LogP contribution is 2.26. The maximum Gasteiger partial charge on any atom is 0.279 e. The number of hydrogen-bond acceptors (Lipinski definition) is 4. The summed E-state index contributed by atoms with van der Waals surface area (Å²) in [6, 6.07) is 10.3. The first kappa shape index (κ1) is 20.7. The van der Waals surface area contributed by atoms with Gasteiger partial charge in [-0.25, -0.2) is 4.72 Å². The Morgan fingerprint density at radius 2 is 1.67 bits per heavy atom. The van der Waals surface area contributed by atoms with Crippen molar-refractivity contribution in [3.63, 3.8) is 0 Å². The number of morpholine rings is 1. The normalized spacial score (nSPS) is 27.5. The quantitative estimate of drug-likeness (QED) is 0.803. The molecule has 2 fully saturated rings. The van der Waals surface area contributed by atoms with E-state index < -0.39 is 10.2 Å². The van der Waals surface area contributed by atoms with Crippen molar-refractivity contribution in [2.45, 2.75) is 51.9 Å². The lowest BCUT2D eigenvalue weighted by molar-refractivity contribution is -0.0444. The summed E-state index contributed by atoms with van der Waals surface area (Å²) < 4.78 is 35.8. The van der Waals surface area contributed by atoms with Crippen molar-refractivity contribution < 1.29 is 13.2 Å². The van der Waals surface area contributed by atoms with E-state index in [0.29, 0.717) is 19.6 Å². The lowest BCUT2D eigenvalue weighted by atomic mass is 9.96. The summed E-state index contributed by atoms with van der Waals surface area (Å²) in [5, 5.41) is 0. The van der Waals surface area contributed by atoms with Gasteiger partial charge in [-0.05, 0) is 51.3 Å². The van der Waals surface area contributed by atoms with E-state index in [1.54, 1.807) is 0 Å². The molecular weight excluding hydrogens is 362 g/mol. The van der Waals surface area contributed by atoms with Gasteiger partial charge in [0.25, 0.3) is 10.2 Å². The minimum atomic E-state index is -3.53. The minimum Gasteiger partial charge on any atom is -0.373 e. The largest absolute Gasteiger partial charge is 0.373 e. The number of piperidine rings is 1. The summed E-state index contributed by atoms with van der Waals surface area (Å²) in [4.78, 5) is 2.42. The predicted molar refractivity (Wildman–Crippen MR) is 108 cm³/mol. The van der Waals surface area contributed by atoms with E-state index in [2.05, 4.69) is 28.7 Å². The van der Waals surface area contributed by atoms with Crippen LogP contribution in [-0.2, 0) is 14.9 Å². The zero-order valence-electron chi connectivity index (χ0n) is 16.7. The SMILES string of the molecule is CC1CCN(C(CNS(=O)(=O)N2CC(C)OC(C)C2)c2ccccc2)CC1. The van der Waals surface area contributed by atoms with Gasteiger partial charge in [0.05, 0.1) is 12.2 Å². The number of benzene rings is 1. The van der Waals surface area contributed by atoms with Crippen LogP contribution in [0.4, 0.5) is 0 Å². The third-order valence-electron chi connectivity index (χ3n) is 5.63. The van der Waals surface area contributed by atoms with Gasteiger partial charge in [0.1, 0.15) is 0 Å². The number of likely N-dealkylation sites (tertiary alicyclic amines) is 1. The fraction of sp³-hybridized carbons (Fsp3) is 0.700. The Balaban J connectivity index is 1.70. The lowest BCUT2D eigenvalue weighted by Gasteiger charge is -2.38. The number of nitrogens with zero attached hydrogens (tertiary/aromatic N) is 2. The molecule has 2 heterocycles. The van der Waals surface area contributed by atoms with Gasteiger partial charge in [0.2, 0.25) is 0 Å². The molecule has 152 valence electrons. The second-order valence-corrected chi connectivity index (χ2v) is 9.83. The van der Waals surface area contributed by atoms with Crippen molar-refractivity contribution in [3.05, 3.63) is 35.9 Å². The molecule has 7 heteroatoms. The van der Waals surface area contributed by atoms with Gasteiger partial charge in [-0.3, -0.25) is 4.90 Å². The Morgan fingerprint density at radius 1 is 1.07 bits per heavy atom. The second kappa shape index (κ2) is 9.01. The minimum absolute atomic E-state index is 0.0596. The molecule has 1 N–H and O–H groups in total. The molecule has 0 amide bonds. The van der Waals surface area contributed by atoms with Crippen molar-refractivity contribution in [2.75, 3.05) is 32.7 Å². The molecule has 0 aromatic heterocycles. The molecule has 0 spiro atoms. The topological polar surface area (TPSA) is 61.9 Å². The molecule has 1 aromatic carbocycles. The van der Waals surface area contributed by atoms with Crippen LogP contribution >= 0.6 is 0 Å². The van der Waals surface area contributed by atoms with E-state index in [0.717, 1.165) is 31.8 Å². The number of nitrogens with one attached hydrogen (secondary N) is 1. The van der Waals surface area contributed by atoms with Gasteiger partial charge < -0.3 is 4.74 Å². The van der Waals surface area contributed by atoms with E-state index in [4.69, 9.17) is 4.74 Å². The summed E-state index contributed by atoms with van der Waals surface area (Å²) in [6.45, 7) is 9.33. The molecule has 2 saturated heterocycles. The average molecular weight is 396 g/mol. The maximum absolute atomic E-state index is 12.9. The van der Waals surface area contributed by atoms with Gasteiger partial charge in [-0.2, -0.15) is 12.7 Å². The molecule has 3 atom stereocenters. The molecule has 0 radical (unpaired) electrons. The van der Waals surface area contributed by atoms with Crippen molar-refractivity contribution >= 4 is 10.2 Å². The Morgan fingerprint density at radius 3 is 2.26 bits per heavy atom. The summed E-state index contributed by atoms with van der Waals surface area (Å²) in [5.74, 6) is 0.741. The number of hydrogen-bond donors (Lipinski definition) is 1. The molecule has 0 aliphatic carbocycles. The fourth-order valence-electron chi connectivity index (χ4n) is 4.08. The van der Waals surface area contributed by atoms with E-state index in [9.17, 15) is 8.42 Å². The zero-order valence-corrected chi connectivity index (χ0v) is 17.5. The Bertz CT molecular complexity index is 680. The van der Waals surface area contributed by atoms with E-state index in [1.165, 1.54) is 9.87 Å². The molecule has 1 aromatic rings. The van der Waals surface area contributed by atoms with Gasteiger partial charge >= 0.3 is 0 Å². The number of ether oxygens (including phenoxy) is 1. The number of rotatable bonds is 6. The first-order valence-electron chi connectivity index (χ1n) is 10.0. The van der Waals surface area contributed by atoms with Gasteiger partial charge in [-0.15, -0.1) is 0 Å². The van der Waals surface area contributed by atoms with Crippen LogP contribution < -0.4 is 4.72 Å². The van der Waals surface area contributed by atoms with Gasteiger partial charge in [-0.1, -0.05) is 37.3 Å². The first-order valence-corrected chi connectivity index (χ1v) is 11.5. The smallest absolute Gasteiger partial charge is 0.279 e. The molecule has 6 nitrogen and oxygen atoms in total. The Labute approximate surface area is 164 Å². The van der Waals surface area contributed by atoms with E-state index in [-0.39, 0.29) is 18.2 Å². The molecule has 2 aliphatic rings. The lowest BCUT2D eigenvalue weighted by Crippen LogP contribution is -2.53. The van der Waals surface area contributed by atoms with Crippen LogP contribution in [0.5, 0.6) is 0 Å². The van der Waals surface area contributed by atoms with E-state index >= 15 is 0 Å². The maximum atomic E-state index is 12.9. The third kappa shape index (κ3) is 5.51. The van der Waals surface area contributed by atoms with Crippen molar-refractivity contribution in [1.29, 1.82) is 0 Å². The summed E-state index contributed by atoms with van der Waals surface area (Å²) in [6.07, 6.45) is 2.15. The van der Waals surface area contributed by atoms with Crippen LogP contribution in [0.3, 0.4) is 0 Å². The highest BCUT2D eigenvalue weighted by molar-refractivity contribution is 7.87. The van der Waals surface area contributed by atoms with Crippen molar-refractivity contribution in [1.82, 2.24) is 13.9 Å². The fourth-order valence-corrected chi connectivity index (χ4v) is 5.44. The highest BCUT2D eigenvalue weighted by atomic mass is 32.2. The zero-order chi connectivity index (χ0) is 19.4. The van der Waals surface area contributed by atoms with Gasteiger partial charge in [0, 0.05) is 25.7 Å². The second-order valence-electron chi connectivity index (χ2n) is 8.07. The first-order chi connectivity index (χ1) is 12.8. The predicted octanol–water partition coefficient (Wildman–Crippen LogP) is 2.40. The molecule has 3 unspecified atom stereocenters. The van der Waals surface area contributed by atoms with Crippen molar-refractivity contribution in [3.8, 4) is 0 Å². The molecule has 0 saturated carbocycles. The van der Waals surface area contributed by atoms with Crippen LogP contribution in [0.25, 0.3) is 0 Å². The molecule has 2 aliphatic heterocycles. The van der Waals surface area contributed by atoms with Crippen LogP contribution in [-0.4, -0.2) is 62.6 Å². The van der Waals surface area contributed by atoms with Crippen LogP contribution in [0, 0.1) is 5.92 Å². The Kier molecular flexibility index (Phi) is 6.92. The average Bonchev–Trinajstić information content (AvgIpc) is 2.63. The highest BCUT2D eigenvalue weighted by Gasteiger charge is 2.32. The molecule has 3 rings (SSSR count). The van der Waals surface area contributed by atoms with Crippen LogP contribution in [0.2, 0.25) is 0 Å². The summed E-state index contributed by atoms with van der Waals surface area (Å²) >= 11 is 0. The monoisotopic (exact) mass is 395 g/mol. The molecule has 0 bridgehead atoms. The molecular formula is C20H33N3O3S. The third-order valence-corrected chi connectivity index (χ3v) is 7.14. The molecule has 27 heavy (non-hydrogen) atoms. The van der Waals surface area contributed by atoms with E-state index in [1.807, 2.05) is 32.0 Å². The summed E-state index contributed by atoms with van der Waals surface area (Å²) in [7, 11) is -3.53. The van der Waals surface area contributed by atoms with Gasteiger partial charge in [0.15, 0.2) is 0 Å². The standard InChI is InChI=1S/C20H33N3O3S/c1-16-9-11-22(12-10-16)20(19-7-5-4-6-8-19)13-21-27(24,25)23-14-17(2)26-18(3)15-23/h4-8,16-18,20-21H,9-15H2,1-3H3. The Hall–Kier alpha value is -0.990. The van der Waals surface area contributed by atoms with Crippen LogP contribution in [0.1, 0.15) is 45.2 Å². The van der Waals surface area contributed by atoms with Crippen LogP contribution in [0.15, 0.2) is 30.3 Å². The summed E-state index contributed by atoms with van der Waals surface area (Å²) in [5.41, 5.74) is 1.17.